The number of hydrogen-bond donors (Lipinski definition) is 1. The maximum atomic E-state index is 12.1. The molecule has 1 amide bonds. The molecule has 0 spiro atoms. The first kappa shape index (κ1) is 14.1. The van der Waals surface area contributed by atoms with Crippen LogP contribution in [0, 0.1) is 0 Å². The minimum Gasteiger partial charge on any atom is -0.426 e. The molecule has 1 aromatic carbocycles. The number of para-hydroxylation sites is 1. The second kappa shape index (κ2) is 6.25. The lowest BCUT2D eigenvalue weighted by Gasteiger charge is -2.21. The highest BCUT2D eigenvalue weighted by Gasteiger charge is 2.20. The average Bonchev–Trinajstić information content (AvgIpc) is 2.94. The van der Waals surface area contributed by atoms with Gasteiger partial charge in [-0.15, -0.1) is 0 Å². The molecule has 0 aliphatic rings. The maximum absolute atomic E-state index is 12.1. The Morgan fingerprint density at radius 3 is 2.65 bits per heavy atom. The molecular weight excluding hydrogens is 258 g/mol. The van der Waals surface area contributed by atoms with Crippen LogP contribution in [-0.4, -0.2) is 35.6 Å². The van der Waals surface area contributed by atoms with Crippen LogP contribution >= 0.6 is 0 Å². The van der Waals surface area contributed by atoms with Gasteiger partial charge in [0.15, 0.2) is 5.76 Å². The number of carbonyl (C=O) groups excluding carboxylic acids is 1. The zero-order chi connectivity index (χ0) is 14.5. The van der Waals surface area contributed by atoms with Crippen LogP contribution in [0.3, 0.4) is 0 Å². The Morgan fingerprint density at radius 2 is 2.00 bits per heavy atom. The van der Waals surface area contributed by atoms with Crippen molar-refractivity contribution in [3.8, 4) is 11.7 Å². The Kier molecular flexibility index (Phi) is 4.42. The molecule has 1 heterocycles. The van der Waals surface area contributed by atoms with Gasteiger partial charge in [0.2, 0.25) is 0 Å². The molecule has 0 radical (unpaired) electrons. The molecule has 1 unspecified atom stereocenters. The molecule has 1 aromatic heterocycles. The van der Waals surface area contributed by atoms with E-state index in [9.17, 15) is 4.79 Å². The fourth-order valence-corrected chi connectivity index (χ4v) is 1.59. The van der Waals surface area contributed by atoms with Crippen molar-refractivity contribution in [2.45, 2.75) is 13.0 Å². The third kappa shape index (κ3) is 3.19. The van der Waals surface area contributed by atoms with Crippen LogP contribution in [0.2, 0.25) is 0 Å². The summed E-state index contributed by atoms with van der Waals surface area (Å²) >= 11 is 0. The van der Waals surface area contributed by atoms with Crippen molar-refractivity contribution in [2.75, 3.05) is 13.7 Å². The van der Waals surface area contributed by atoms with Gasteiger partial charge >= 0.3 is 0 Å². The summed E-state index contributed by atoms with van der Waals surface area (Å²) in [6.45, 7) is 1.65. The summed E-state index contributed by atoms with van der Waals surface area (Å²) in [4.78, 5) is 13.5. The number of hydrogen-bond acceptors (Lipinski definition) is 4. The van der Waals surface area contributed by atoms with Crippen LogP contribution in [0.1, 0.15) is 17.5 Å². The molecule has 20 heavy (non-hydrogen) atoms. The van der Waals surface area contributed by atoms with Gasteiger partial charge in [-0.3, -0.25) is 4.79 Å². The number of likely N-dealkylation sites (N-methyl/N-ethyl adjacent to an activating group) is 1. The van der Waals surface area contributed by atoms with Gasteiger partial charge in [0.25, 0.3) is 11.9 Å². The largest absolute Gasteiger partial charge is 0.426 e. The average molecular weight is 275 g/mol. The van der Waals surface area contributed by atoms with Gasteiger partial charge in [0.1, 0.15) is 5.75 Å². The normalized spacial score (nSPS) is 11.9. The molecule has 0 aliphatic carbocycles. The highest BCUT2D eigenvalue weighted by atomic mass is 16.6. The van der Waals surface area contributed by atoms with E-state index in [0.717, 1.165) is 0 Å². The summed E-state index contributed by atoms with van der Waals surface area (Å²) in [6.07, 6.45) is 0. The number of carbonyl (C=O) groups is 1. The van der Waals surface area contributed by atoms with Crippen molar-refractivity contribution in [3.05, 3.63) is 48.2 Å². The monoisotopic (exact) mass is 275 g/mol. The first-order valence-electron chi connectivity index (χ1n) is 6.32. The molecule has 0 saturated carbocycles. The van der Waals surface area contributed by atoms with Crippen LogP contribution < -0.4 is 4.74 Å². The van der Waals surface area contributed by atoms with Crippen molar-refractivity contribution < 1.29 is 19.1 Å². The third-order valence-corrected chi connectivity index (χ3v) is 3.00. The van der Waals surface area contributed by atoms with Gasteiger partial charge in [-0.1, -0.05) is 18.2 Å². The molecule has 1 atom stereocenters. The molecule has 5 nitrogen and oxygen atoms in total. The first-order chi connectivity index (χ1) is 9.61. The van der Waals surface area contributed by atoms with E-state index in [2.05, 4.69) is 0 Å². The van der Waals surface area contributed by atoms with E-state index >= 15 is 0 Å². The zero-order valence-electron chi connectivity index (χ0n) is 11.4. The number of aliphatic hydroxyl groups excluding tert-OH is 1. The summed E-state index contributed by atoms with van der Waals surface area (Å²) in [6, 6.07) is 12.1. The number of ether oxygens (including phenoxy) is 1. The predicted molar refractivity (Wildman–Crippen MR) is 73.9 cm³/mol. The fourth-order valence-electron chi connectivity index (χ4n) is 1.59. The van der Waals surface area contributed by atoms with Crippen LogP contribution in [0.15, 0.2) is 46.9 Å². The molecule has 5 heteroatoms. The van der Waals surface area contributed by atoms with Gasteiger partial charge in [-0.05, 0) is 25.1 Å². The molecule has 2 aromatic rings. The van der Waals surface area contributed by atoms with Crippen molar-refractivity contribution >= 4 is 5.91 Å². The second-order valence-corrected chi connectivity index (χ2v) is 4.48. The summed E-state index contributed by atoms with van der Waals surface area (Å²) in [5.41, 5.74) is 0. The summed E-state index contributed by atoms with van der Waals surface area (Å²) < 4.78 is 10.9. The van der Waals surface area contributed by atoms with Crippen molar-refractivity contribution in [3.63, 3.8) is 0 Å². The molecule has 1 N–H and O–H groups in total. The molecule has 0 bridgehead atoms. The Morgan fingerprint density at radius 1 is 1.30 bits per heavy atom. The third-order valence-electron chi connectivity index (χ3n) is 3.00. The summed E-state index contributed by atoms with van der Waals surface area (Å²) in [5.74, 6) is 0.774. The number of benzene rings is 1. The maximum Gasteiger partial charge on any atom is 0.290 e. The second-order valence-electron chi connectivity index (χ2n) is 4.48. The lowest BCUT2D eigenvalue weighted by Crippen LogP contribution is -2.37. The van der Waals surface area contributed by atoms with Gasteiger partial charge in [-0.25, -0.2) is 0 Å². The molecular formula is C15H17NO4. The van der Waals surface area contributed by atoms with E-state index in [1.165, 1.54) is 4.90 Å². The smallest absolute Gasteiger partial charge is 0.290 e. The molecule has 0 saturated heterocycles. The number of amides is 1. The van der Waals surface area contributed by atoms with Crippen molar-refractivity contribution in [1.82, 2.24) is 4.90 Å². The van der Waals surface area contributed by atoms with Crippen LogP contribution in [0.25, 0.3) is 0 Å². The topological polar surface area (TPSA) is 62.9 Å². The van der Waals surface area contributed by atoms with E-state index in [1.807, 2.05) is 18.2 Å². The number of aliphatic hydroxyl groups is 1. The standard InChI is InChI=1S/C15H17NO4/c1-11(10-17)16(2)15(18)13-8-9-14(20-13)19-12-6-4-3-5-7-12/h3-9,11,17H,10H2,1-2H3. The quantitative estimate of drug-likeness (QED) is 0.910. The predicted octanol–water partition coefficient (Wildman–Crippen LogP) is 2.52. The van der Waals surface area contributed by atoms with Crippen molar-refractivity contribution in [2.24, 2.45) is 0 Å². The summed E-state index contributed by atoms with van der Waals surface area (Å²) in [5, 5.41) is 9.05. The molecule has 0 aliphatic heterocycles. The van der Waals surface area contributed by atoms with E-state index in [-0.39, 0.29) is 30.3 Å². The van der Waals surface area contributed by atoms with Gasteiger partial charge < -0.3 is 19.2 Å². The van der Waals surface area contributed by atoms with Gasteiger partial charge in [0, 0.05) is 13.1 Å². The Bertz CT molecular complexity index is 564. The lowest BCUT2D eigenvalue weighted by molar-refractivity contribution is 0.0646. The molecule has 2 rings (SSSR count). The number of furan rings is 1. The number of rotatable bonds is 5. The van der Waals surface area contributed by atoms with E-state index in [0.29, 0.717) is 5.75 Å². The van der Waals surface area contributed by atoms with Crippen molar-refractivity contribution in [1.29, 1.82) is 0 Å². The van der Waals surface area contributed by atoms with Crippen LogP contribution in [0.4, 0.5) is 0 Å². The van der Waals surface area contributed by atoms with Gasteiger partial charge in [-0.2, -0.15) is 0 Å². The number of nitrogens with zero attached hydrogens (tertiary/aromatic N) is 1. The highest BCUT2D eigenvalue weighted by Crippen LogP contribution is 2.24. The SMILES string of the molecule is CC(CO)N(C)C(=O)c1ccc(Oc2ccccc2)o1. The first-order valence-corrected chi connectivity index (χ1v) is 6.32. The Hall–Kier alpha value is -2.27. The van der Waals surface area contributed by atoms with Crippen LogP contribution in [-0.2, 0) is 0 Å². The highest BCUT2D eigenvalue weighted by molar-refractivity contribution is 5.91. The van der Waals surface area contributed by atoms with E-state index in [4.69, 9.17) is 14.3 Å². The fraction of sp³-hybridized carbons (Fsp3) is 0.267. The summed E-state index contributed by atoms with van der Waals surface area (Å²) in [7, 11) is 1.61. The lowest BCUT2D eigenvalue weighted by atomic mass is 10.3. The Balaban J connectivity index is 2.07. The minimum atomic E-state index is -0.297. The molecule has 106 valence electrons. The minimum absolute atomic E-state index is 0.101. The van der Waals surface area contributed by atoms with Crippen LogP contribution in [0.5, 0.6) is 11.7 Å². The van der Waals surface area contributed by atoms with E-state index < -0.39 is 0 Å². The van der Waals surface area contributed by atoms with Gasteiger partial charge in [0.05, 0.1) is 12.6 Å². The van der Waals surface area contributed by atoms with E-state index in [1.54, 1.807) is 38.2 Å². The zero-order valence-corrected chi connectivity index (χ0v) is 11.4. The Labute approximate surface area is 117 Å². The molecule has 0 fully saturated rings.